The van der Waals surface area contributed by atoms with Gasteiger partial charge in [-0.2, -0.15) is 8.78 Å². The number of aliphatic imine (C=N–C) groups is 1. The van der Waals surface area contributed by atoms with Gasteiger partial charge in [0.05, 0.1) is 0 Å². The van der Waals surface area contributed by atoms with Crippen LogP contribution in [-0.4, -0.2) is 49.7 Å². The summed E-state index contributed by atoms with van der Waals surface area (Å²) in [5, 5.41) is 6.49. The lowest BCUT2D eigenvalue weighted by Gasteiger charge is -2.38. The van der Waals surface area contributed by atoms with Crippen LogP contribution in [0.4, 0.5) is 8.78 Å². The lowest BCUT2D eigenvalue weighted by molar-refractivity contribution is -0.0504. The maximum absolute atomic E-state index is 12.5. The number of halogens is 3. The van der Waals surface area contributed by atoms with Crippen molar-refractivity contribution >= 4 is 29.9 Å². The lowest BCUT2D eigenvalue weighted by Crippen LogP contribution is -2.50. The number of alkyl halides is 2. The molecule has 5 nitrogen and oxygen atoms in total. The average molecular weight is 496 g/mol. The smallest absolute Gasteiger partial charge is 0.387 e. The third-order valence-corrected chi connectivity index (χ3v) is 4.84. The number of hydrogen-bond donors (Lipinski definition) is 2. The zero-order valence-electron chi connectivity index (χ0n) is 16.3. The van der Waals surface area contributed by atoms with Gasteiger partial charge in [-0.3, -0.25) is 9.89 Å². The third kappa shape index (κ3) is 7.77. The highest BCUT2D eigenvalue weighted by Gasteiger charge is 2.23. The second-order valence-electron chi connectivity index (χ2n) is 6.72. The van der Waals surface area contributed by atoms with Crippen molar-refractivity contribution in [3.63, 3.8) is 0 Å². The van der Waals surface area contributed by atoms with Gasteiger partial charge in [-0.1, -0.05) is 24.6 Å². The summed E-state index contributed by atoms with van der Waals surface area (Å²) in [5.41, 5.74) is 0.661. The Morgan fingerprint density at radius 1 is 1.30 bits per heavy atom. The van der Waals surface area contributed by atoms with Crippen LogP contribution >= 0.6 is 24.0 Å². The number of piperidine rings is 1. The summed E-state index contributed by atoms with van der Waals surface area (Å²) in [6.45, 7) is 3.93. The normalized spacial score (nSPS) is 19.3. The minimum Gasteiger partial charge on any atom is -0.434 e. The molecule has 27 heavy (non-hydrogen) atoms. The molecule has 1 saturated heterocycles. The van der Waals surface area contributed by atoms with Gasteiger partial charge < -0.3 is 15.4 Å². The van der Waals surface area contributed by atoms with Crippen molar-refractivity contribution in [3.05, 3.63) is 29.8 Å². The van der Waals surface area contributed by atoms with E-state index in [-0.39, 0.29) is 29.7 Å². The molecular weight excluding hydrogens is 465 g/mol. The van der Waals surface area contributed by atoms with Gasteiger partial charge >= 0.3 is 6.61 Å². The van der Waals surface area contributed by atoms with Gasteiger partial charge in [-0.25, -0.2) is 0 Å². The van der Waals surface area contributed by atoms with E-state index in [1.807, 2.05) is 0 Å². The number of guanidine groups is 1. The van der Waals surface area contributed by atoms with Crippen molar-refractivity contribution in [3.8, 4) is 5.75 Å². The van der Waals surface area contributed by atoms with Crippen molar-refractivity contribution in [2.75, 3.05) is 20.1 Å². The van der Waals surface area contributed by atoms with E-state index < -0.39 is 6.61 Å². The predicted molar refractivity (Wildman–Crippen MR) is 116 cm³/mol. The highest BCUT2D eigenvalue weighted by Crippen LogP contribution is 2.20. The molecule has 0 bridgehead atoms. The van der Waals surface area contributed by atoms with E-state index in [0.717, 1.165) is 13.1 Å². The van der Waals surface area contributed by atoms with Gasteiger partial charge in [0.2, 0.25) is 0 Å². The molecule has 0 radical (unpaired) electrons. The quantitative estimate of drug-likeness (QED) is 0.342. The fourth-order valence-electron chi connectivity index (χ4n) is 3.40. The van der Waals surface area contributed by atoms with Gasteiger partial charge in [-0.05, 0) is 39.3 Å². The lowest BCUT2D eigenvalue weighted by atomic mass is 10.0. The van der Waals surface area contributed by atoms with E-state index in [4.69, 9.17) is 0 Å². The Morgan fingerprint density at radius 3 is 2.70 bits per heavy atom. The first-order valence-corrected chi connectivity index (χ1v) is 9.24. The zero-order valence-corrected chi connectivity index (χ0v) is 18.6. The van der Waals surface area contributed by atoms with Crippen LogP contribution in [0.1, 0.15) is 38.7 Å². The summed E-state index contributed by atoms with van der Waals surface area (Å²) in [6, 6.07) is 7.78. The van der Waals surface area contributed by atoms with E-state index in [1.54, 1.807) is 31.3 Å². The minimum absolute atomic E-state index is 0. The van der Waals surface area contributed by atoms with Crippen LogP contribution in [-0.2, 0) is 6.54 Å². The standard InChI is InChI=1S/C19H30F2N4O.HI/c1-14-8-6-7-11-25(14)15(2)12-23-19(22-3)24-13-16-9-4-5-10-17(16)26-18(20)21;/h4-5,9-10,14-15,18H,6-8,11-13H2,1-3H3,(H2,22,23,24);1H. The number of rotatable bonds is 7. The molecule has 0 aliphatic carbocycles. The molecular formula is C19H31F2IN4O. The monoisotopic (exact) mass is 496 g/mol. The van der Waals surface area contributed by atoms with Crippen LogP contribution in [0.2, 0.25) is 0 Å². The molecule has 0 aromatic heterocycles. The number of nitrogens with one attached hydrogen (secondary N) is 2. The average Bonchev–Trinajstić information content (AvgIpc) is 2.62. The number of benzene rings is 1. The summed E-state index contributed by atoms with van der Waals surface area (Å²) in [7, 11) is 1.70. The minimum atomic E-state index is -2.83. The molecule has 1 aromatic rings. The van der Waals surface area contributed by atoms with Crippen molar-refractivity contribution in [1.29, 1.82) is 0 Å². The van der Waals surface area contributed by atoms with Crippen LogP contribution in [0.5, 0.6) is 5.75 Å². The number of para-hydroxylation sites is 1. The van der Waals surface area contributed by atoms with Crippen molar-refractivity contribution < 1.29 is 13.5 Å². The summed E-state index contributed by atoms with van der Waals surface area (Å²) in [5.74, 6) is 0.828. The Morgan fingerprint density at radius 2 is 2.04 bits per heavy atom. The van der Waals surface area contributed by atoms with E-state index in [0.29, 0.717) is 30.2 Å². The van der Waals surface area contributed by atoms with Crippen molar-refractivity contribution in [2.24, 2.45) is 4.99 Å². The molecule has 1 aliphatic heterocycles. The molecule has 1 fully saturated rings. The fraction of sp³-hybridized carbons (Fsp3) is 0.632. The number of ether oxygens (including phenoxy) is 1. The summed E-state index contributed by atoms with van der Waals surface area (Å²) < 4.78 is 29.6. The topological polar surface area (TPSA) is 48.9 Å². The number of nitrogens with zero attached hydrogens (tertiary/aromatic N) is 2. The summed E-state index contributed by atoms with van der Waals surface area (Å²) >= 11 is 0. The fourth-order valence-corrected chi connectivity index (χ4v) is 3.40. The molecule has 154 valence electrons. The maximum Gasteiger partial charge on any atom is 0.387 e. The van der Waals surface area contributed by atoms with Crippen molar-refractivity contribution in [1.82, 2.24) is 15.5 Å². The molecule has 8 heteroatoms. The Bertz CT molecular complexity index is 589. The third-order valence-electron chi connectivity index (χ3n) is 4.84. The van der Waals surface area contributed by atoms with Gasteiger partial charge in [0.25, 0.3) is 0 Å². The first-order valence-electron chi connectivity index (χ1n) is 9.24. The van der Waals surface area contributed by atoms with E-state index in [1.165, 1.54) is 19.3 Å². The Hall–Kier alpha value is -1.16. The second kappa shape index (κ2) is 12.3. The molecule has 1 aromatic carbocycles. The van der Waals surface area contributed by atoms with Gasteiger partial charge in [0.15, 0.2) is 5.96 Å². The summed E-state index contributed by atoms with van der Waals surface area (Å²) in [4.78, 5) is 6.74. The Balaban J connectivity index is 0.00000364. The molecule has 1 aliphatic rings. The van der Waals surface area contributed by atoms with Crippen LogP contribution in [0.15, 0.2) is 29.3 Å². The molecule has 0 spiro atoms. The van der Waals surface area contributed by atoms with Gasteiger partial charge in [-0.15, -0.1) is 24.0 Å². The van der Waals surface area contributed by atoms with E-state index in [9.17, 15) is 8.78 Å². The SMILES string of the molecule is CN=C(NCc1ccccc1OC(F)F)NCC(C)N1CCCCC1C.I. The molecule has 0 saturated carbocycles. The van der Waals surface area contributed by atoms with E-state index >= 15 is 0 Å². The number of hydrogen-bond acceptors (Lipinski definition) is 3. The largest absolute Gasteiger partial charge is 0.434 e. The molecule has 0 amide bonds. The van der Waals surface area contributed by atoms with Crippen LogP contribution in [0.25, 0.3) is 0 Å². The van der Waals surface area contributed by atoms with Crippen LogP contribution in [0, 0.1) is 0 Å². The van der Waals surface area contributed by atoms with E-state index in [2.05, 4.69) is 39.1 Å². The van der Waals surface area contributed by atoms with Crippen LogP contribution in [0.3, 0.4) is 0 Å². The van der Waals surface area contributed by atoms with Crippen LogP contribution < -0.4 is 15.4 Å². The zero-order chi connectivity index (χ0) is 18.9. The molecule has 2 N–H and O–H groups in total. The summed E-state index contributed by atoms with van der Waals surface area (Å²) in [6.07, 6.45) is 3.81. The van der Waals surface area contributed by atoms with Gasteiger partial charge in [0, 0.05) is 37.8 Å². The molecule has 2 rings (SSSR count). The number of likely N-dealkylation sites (tertiary alicyclic amines) is 1. The maximum atomic E-state index is 12.5. The Labute approximate surface area is 178 Å². The second-order valence-corrected chi connectivity index (χ2v) is 6.72. The van der Waals surface area contributed by atoms with Gasteiger partial charge in [0.1, 0.15) is 5.75 Å². The first-order chi connectivity index (χ1) is 12.5. The predicted octanol–water partition coefficient (Wildman–Crippen LogP) is 3.83. The van der Waals surface area contributed by atoms with Crippen molar-refractivity contribution in [2.45, 2.75) is 58.3 Å². The highest BCUT2D eigenvalue weighted by atomic mass is 127. The molecule has 2 atom stereocenters. The first kappa shape index (κ1) is 23.9. The Kier molecular flexibility index (Phi) is 10.9. The highest BCUT2D eigenvalue weighted by molar-refractivity contribution is 14.0. The molecule has 1 heterocycles. The molecule has 2 unspecified atom stereocenters.